The van der Waals surface area contributed by atoms with Gasteiger partial charge in [-0.25, -0.2) is 9.59 Å². The monoisotopic (exact) mass is 464 g/mol. The van der Waals surface area contributed by atoms with Gasteiger partial charge in [-0.2, -0.15) is 13.2 Å². The van der Waals surface area contributed by atoms with Crippen LogP contribution in [-0.4, -0.2) is 29.2 Å². The Balaban J connectivity index is 0.000000479. The van der Waals surface area contributed by atoms with E-state index in [9.17, 15) is 22.8 Å². The molecule has 1 atom stereocenters. The fourth-order valence-electron chi connectivity index (χ4n) is 2.86. The van der Waals surface area contributed by atoms with Gasteiger partial charge in [0.1, 0.15) is 5.58 Å². The molecule has 0 aliphatic heterocycles. The van der Waals surface area contributed by atoms with Crippen molar-refractivity contribution >= 4 is 28.5 Å². The first-order valence-electron chi connectivity index (χ1n) is 9.88. The van der Waals surface area contributed by atoms with E-state index in [-0.39, 0.29) is 5.91 Å². The number of alkyl halides is 3. The minimum atomic E-state index is -5.08. The maximum absolute atomic E-state index is 12.3. The van der Waals surface area contributed by atoms with Gasteiger partial charge < -0.3 is 20.6 Å². The second kappa shape index (κ2) is 10.8. The lowest BCUT2D eigenvalue weighted by atomic mass is 10.0. The Morgan fingerprint density at radius 3 is 2.24 bits per heavy atom. The predicted octanol–water partition coefficient (Wildman–Crippen LogP) is 4.41. The molecule has 0 spiro atoms. The van der Waals surface area contributed by atoms with Gasteiger partial charge in [0.25, 0.3) is 0 Å². The zero-order valence-electron chi connectivity index (χ0n) is 17.8. The number of anilines is 1. The highest BCUT2D eigenvalue weighted by atomic mass is 19.4. The van der Waals surface area contributed by atoms with Crippen molar-refractivity contribution in [3.05, 3.63) is 65.0 Å². The lowest BCUT2D eigenvalue weighted by molar-refractivity contribution is -0.192. The fourth-order valence-corrected chi connectivity index (χ4v) is 2.86. The molecule has 0 unspecified atom stereocenters. The molecular formula is C23H23F3N2O5. The van der Waals surface area contributed by atoms with Crippen LogP contribution in [0.2, 0.25) is 0 Å². The number of carboxylic acids is 1. The number of carboxylic acid groups (broad SMARTS) is 1. The smallest absolute Gasteiger partial charge is 0.475 e. The third-order valence-electron chi connectivity index (χ3n) is 4.39. The van der Waals surface area contributed by atoms with Crippen LogP contribution in [0.3, 0.4) is 0 Å². The molecule has 2 aromatic carbocycles. The van der Waals surface area contributed by atoms with E-state index in [1.807, 2.05) is 50.2 Å². The van der Waals surface area contributed by atoms with Gasteiger partial charge in [0, 0.05) is 17.1 Å². The zero-order valence-corrected chi connectivity index (χ0v) is 17.8. The standard InChI is InChI=1S/C21H22N2O3.C2HF3O2/c1-13(2)10-18(22)20(24)23-16-9-8-15-11-17(14-6-4-3-5-7-14)21(25)26-19(15)12-16;3-2(4,5)1(6)7/h3-9,11-13,18H,10,22H2,1-2H3,(H,23,24);(H,6,7)/t18-;/m0./s1. The van der Waals surface area contributed by atoms with E-state index in [1.165, 1.54) is 0 Å². The number of benzene rings is 2. The predicted molar refractivity (Wildman–Crippen MR) is 118 cm³/mol. The van der Waals surface area contributed by atoms with Crippen LogP contribution >= 0.6 is 0 Å². The van der Waals surface area contributed by atoms with Crippen LogP contribution in [0, 0.1) is 5.92 Å². The summed E-state index contributed by atoms with van der Waals surface area (Å²) in [6.45, 7) is 4.03. The van der Waals surface area contributed by atoms with Crippen molar-refractivity contribution in [1.29, 1.82) is 0 Å². The SMILES string of the molecule is CC(C)C[C@H](N)C(=O)Nc1ccc2cc(-c3ccccc3)c(=O)oc2c1.O=C(O)C(F)(F)F. The van der Waals surface area contributed by atoms with E-state index in [0.29, 0.717) is 29.2 Å². The van der Waals surface area contributed by atoms with E-state index in [2.05, 4.69) is 5.32 Å². The molecule has 0 aliphatic rings. The van der Waals surface area contributed by atoms with Crippen LogP contribution in [0.25, 0.3) is 22.1 Å². The van der Waals surface area contributed by atoms with E-state index in [4.69, 9.17) is 20.1 Å². The quantitative estimate of drug-likeness (QED) is 0.481. The third-order valence-corrected chi connectivity index (χ3v) is 4.39. The highest BCUT2D eigenvalue weighted by Crippen LogP contribution is 2.23. The molecule has 10 heteroatoms. The minimum Gasteiger partial charge on any atom is -0.475 e. The van der Waals surface area contributed by atoms with E-state index in [0.717, 1.165) is 10.9 Å². The minimum absolute atomic E-state index is 0.249. The molecular weight excluding hydrogens is 441 g/mol. The molecule has 0 bridgehead atoms. The van der Waals surface area contributed by atoms with Crippen LogP contribution in [0.1, 0.15) is 20.3 Å². The Morgan fingerprint density at radius 1 is 1.09 bits per heavy atom. The summed E-state index contributed by atoms with van der Waals surface area (Å²) in [5.41, 5.74) is 7.78. The Hall–Kier alpha value is -3.66. The third kappa shape index (κ3) is 7.46. The average molecular weight is 464 g/mol. The lowest BCUT2D eigenvalue weighted by Gasteiger charge is -2.14. The molecule has 3 rings (SSSR count). The average Bonchev–Trinajstić information content (AvgIpc) is 2.73. The molecule has 4 N–H and O–H groups in total. The van der Waals surface area contributed by atoms with Crippen LogP contribution < -0.4 is 16.7 Å². The van der Waals surface area contributed by atoms with Crippen LogP contribution in [0.15, 0.2) is 63.8 Å². The Bertz CT molecular complexity index is 1170. The molecule has 0 radical (unpaired) electrons. The van der Waals surface area contributed by atoms with Crippen LogP contribution in [0.5, 0.6) is 0 Å². The van der Waals surface area contributed by atoms with Gasteiger partial charge >= 0.3 is 17.8 Å². The van der Waals surface area contributed by atoms with Crippen molar-refractivity contribution in [1.82, 2.24) is 0 Å². The van der Waals surface area contributed by atoms with Crippen LogP contribution in [-0.2, 0) is 9.59 Å². The number of fused-ring (bicyclic) bond motifs is 1. The van der Waals surface area contributed by atoms with E-state index in [1.54, 1.807) is 18.2 Å². The summed E-state index contributed by atoms with van der Waals surface area (Å²) in [4.78, 5) is 33.4. The first-order valence-corrected chi connectivity index (χ1v) is 9.88. The second-order valence-corrected chi connectivity index (χ2v) is 7.59. The number of aliphatic carboxylic acids is 1. The normalized spacial score (nSPS) is 12.1. The van der Waals surface area contributed by atoms with Gasteiger partial charge in [-0.1, -0.05) is 44.2 Å². The number of hydrogen-bond donors (Lipinski definition) is 3. The lowest BCUT2D eigenvalue weighted by Crippen LogP contribution is -2.36. The number of nitrogens with two attached hydrogens (primary N) is 1. The topological polar surface area (TPSA) is 123 Å². The summed E-state index contributed by atoms with van der Waals surface area (Å²) in [6.07, 6.45) is -4.48. The number of hydrogen-bond acceptors (Lipinski definition) is 5. The van der Waals surface area contributed by atoms with Gasteiger partial charge in [0.2, 0.25) is 5.91 Å². The van der Waals surface area contributed by atoms with Crippen molar-refractivity contribution in [2.45, 2.75) is 32.5 Å². The van der Waals surface area contributed by atoms with E-state index >= 15 is 0 Å². The molecule has 33 heavy (non-hydrogen) atoms. The highest BCUT2D eigenvalue weighted by molar-refractivity contribution is 5.96. The molecule has 1 heterocycles. The Labute approximate surface area is 187 Å². The number of halogens is 3. The van der Waals surface area contributed by atoms with Crippen molar-refractivity contribution in [3.8, 4) is 11.1 Å². The number of nitrogens with one attached hydrogen (secondary N) is 1. The summed E-state index contributed by atoms with van der Waals surface area (Å²) in [5, 5.41) is 10.7. The number of amides is 1. The molecule has 0 aliphatic carbocycles. The van der Waals surface area contributed by atoms with Crippen molar-refractivity contribution < 1.29 is 32.3 Å². The van der Waals surface area contributed by atoms with Crippen molar-refractivity contribution in [2.75, 3.05) is 5.32 Å². The summed E-state index contributed by atoms with van der Waals surface area (Å²) in [5.74, 6) is -2.67. The van der Waals surface area contributed by atoms with E-state index < -0.39 is 23.8 Å². The van der Waals surface area contributed by atoms with Gasteiger partial charge in [-0.15, -0.1) is 0 Å². The molecule has 176 valence electrons. The molecule has 0 fully saturated rings. The fraction of sp³-hybridized carbons (Fsp3) is 0.261. The summed E-state index contributed by atoms with van der Waals surface area (Å²) >= 11 is 0. The van der Waals surface area contributed by atoms with Crippen LogP contribution in [0.4, 0.5) is 18.9 Å². The number of carbonyl (C=O) groups excluding carboxylic acids is 1. The van der Waals surface area contributed by atoms with Crippen molar-refractivity contribution in [2.24, 2.45) is 11.7 Å². The van der Waals surface area contributed by atoms with Crippen molar-refractivity contribution in [3.63, 3.8) is 0 Å². The summed E-state index contributed by atoms with van der Waals surface area (Å²) in [6, 6.07) is 15.8. The van der Waals surface area contributed by atoms with Gasteiger partial charge in [0.05, 0.1) is 11.6 Å². The molecule has 0 saturated heterocycles. The largest absolute Gasteiger partial charge is 0.490 e. The maximum atomic E-state index is 12.3. The first kappa shape index (κ1) is 25.6. The number of carbonyl (C=O) groups is 2. The summed E-state index contributed by atoms with van der Waals surface area (Å²) in [7, 11) is 0. The summed E-state index contributed by atoms with van der Waals surface area (Å²) < 4.78 is 37.2. The maximum Gasteiger partial charge on any atom is 0.490 e. The highest BCUT2D eigenvalue weighted by Gasteiger charge is 2.38. The zero-order chi connectivity index (χ0) is 24.8. The number of rotatable bonds is 5. The van der Waals surface area contributed by atoms with Gasteiger partial charge in [-0.3, -0.25) is 4.79 Å². The van der Waals surface area contributed by atoms with Gasteiger partial charge in [0.15, 0.2) is 0 Å². The molecule has 1 aromatic heterocycles. The molecule has 7 nitrogen and oxygen atoms in total. The molecule has 1 amide bonds. The van der Waals surface area contributed by atoms with Gasteiger partial charge in [-0.05, 0) is 36.1 Å². The first-order chi connectivity index (χ1) is 15.4. The molecule has 0 saturated carbocycles. The Morgan fingerprint density at radius 2 is 1.70 bits per heavy atom. The second-order valence-electron chi connectivity index (χ2n) is 7.59. The Kier molecular flexibility index (Phi) is 8.36. The molecule has 3 aromatic rings.